The van der Waals surface area contributed by atoms with E-state index in [1.54, 1.807) is 40.9 Å². The quantitative estimate of drug-likeness (QED) is 0.488. The number of aliphatic imine (C=N–C) groups is 2. The molecular weight excluding hydrogens is 284 g/mol. The number of methoxy groups -OCH3 is 4. The van der Waals surface area contributed by atoms with Gasteiger partial charge in [0.05, 0.1) is 13.1 Å². The van der Waals surface area contributed by atoms with E-state index < -0.39 is 0 Å². The van der Waals surface area contributed by atoms with Crippen LogP contribution in [0.25, 0.3) is 0 Å². The van der Waals surface area contributed by atoms with Crippen LogP contribution in [0.2, 0.25) is 0 Å². The summed E-state index contributed by atoms with van der Waals surface area (Å²) in [4.78, 5) is 8.56. The van der Waals surface area contributed by atoms with Crippen molar-refractivity contribution in [1.29, 1.82) is 0 Å². The summed E-state index contributed by atoms with van der Waals surface area (Å²) in [5, 5.41) is 0. The van der Waals surface area contributed by atoms with Gasteiger partial charge in [-0.15, -0.1) is 0 Å². The molecule has 22 heavy (non-hydrogen) atoms. The van der Waals surface area contributed by atoms with Gasteiger partial charge in [0.2, 0.25) is 0 Å². The molecule has 1 aromatic rings. The van der Waals surface area contributed by atoms with Crippen LogP contribution in [0.1, 0.15) is 11.1 Å². The molecule has 0 saturated heterocycles. The minimum absolute atomic E-state index is 0.308. The average molecular weight is 308 g/mol. The van der Waals surface area contributed by atoms with Gasteiger partial charge in [-0.1, -0.05) is 24.3 Å². The highest BCUT2D eigenvalue weighted by Crippen LogP contribution is 2.01. The highest BCUT2D eigenvalue weighted by Gasteiger charge is 2.02. The van der Waals surface area contributed by atoms with Gasteiger partial charge >= 0.3 is 0 Å². The number of benzene rings is 1. The predicted molar refractivity (Wildman–Crippen MR) is 87.0 cm³/mol. The Labute approximate surface area is 131 Å². The Morgan fingerprint density at radius 1 is 0.727 bits per heavy atom. The van der Waals surface area contributed by atoms with Gasteiger partial charge < -0.3 is 18.9 Å². The number of nitrogens with zero attached hydrogens (tertiary/aromatic N) is 2. The molecule has 0 heterocycles. The van der Waals surface area contributed by atoms with E-state index in [9.17, 15) is 0 Å². The predicted octanol–water partition coefficient (Wildman–Crippen LogP) is 1.76. The van der Waals surface area contributed by atoms with Crippen LogP contribution in [0.3, 0.4) is 0 Å². The summed E-state index contributed by atoms with van der Waals surface area (Å²) in [6.45, 7) is 0.928. The molecule has 0 fully saturated rings. The van der Waals surface area contributed by atoms with Crippen molar-refractivity contribution in [2.24, 2.45) is 9.98 Å². The van der Waals surface area contributed by atoms with Gasteiger partial charge in [-0.2, -0.15) is 0 Å². The van der Waals surface area contributed by atoms with Crippen molar-refractivity contribution in [3.63, 3.8) is 0 Å². The Hall–Kier alpha value is -1.60. The first-order chi connectivity index (χ1) is 10.7. The van der Waals surface area contributed by atoms with Crippen LogP contribution in [-0.2, 0) is 18.9 Å². The molecule has 0 bridgehead atoms. The monoisotopic (exact) mass is 308 g/mol. The number of hydrogen-bond acceptors (Lipinski definition) is 6. The lowest BCUT2D eigenvalue weighted by Crippen LogP contribution is -2.16. The summed E-state index contributed by atoms with van der Waals surface area (Å²) < 4.78 is 20.3. The minimum atomic E-state index is -0.308. The van der Waals surface area contributed by atoms with Gasteiger partial charge in [-0.05, 0) is 11.1 Å². The summed E-state index contributed by atoms with van der Waals surface area (Å²) in [7, 11) is 6.37. The van der Waals surface area contributed by atoms with Crippen molar-refractivity contribution < 1.29 is 18.9 Å². The number of hydrogen-bond donors (Lipinski definition) is 0. The highest BCUT2D eigenvalue weighted by atomic mass is 16.7. The summed E-state index contributed by atoms with van der Waals surface area (Å²) >= 11 is 0. The average Bonchev–Trinajstić information content (AvgIpc) is 2.57. The minimum Gasteiger partial charge on any atom is -0.354 e. The summed E-state index contributed by atoms with van der Waals surface area (Å²) in [6.07, 6.45) is 2.96. The third-order valence-corrected chi connectivity index (χ3v) is 2.98. The van der Waals surface area contributed by atoms with Gasteiger partial charge in [0.1, 0.15) is 0 Å². The smallest absolute Gasteiger partial charge is 0.176 e. The summed E-state index contributed by atoms with van der Waals surface area (Å²) in [5.74, 6) is 0. The van der Waals surface area contributed by atoms with Crippen LogP contribution >= 0.6 is 0 Å². The molecular formula is C16H24N2O4. The first-order valence-corrected chi connectivity index (χ1v) is 6.94. The topological polar surface area (TPSA) is 61.6 Å². The second kappa shape index (κ2) is 11.0. The zero-order chi connectivity index (χ0) is 16.2. The van der Waals surface area contributed by atoms with E-state index >= 15 is 0 Å². The standard InChI is InChI=1S/C16H24N2O4/c1-19-15(20-2)11-17-9-13-5-7-14(8-6-13)10-18-12-16(21-3)22-4/h5-10,15-16H,11-12H2,1-4H3. The molecule has 0 spiro atoms. The van der Waals surface area contributed by atoms with Crippen LogP contribution in [0.5, 0.6) is 0 Å². The Kier molecular flexibility index (Phi) is 9.25. The maximum Gasteiger partial charge on any atom is 0.176 e. The molecule has 0 amide bonds. The Balaban J connectivity index is 2.49. The van der Waals surface area contributed by atoms with E-state index in [1.807, 2.05) is 24.3 Å². The Bertz CT molecular complexity index is 409. The van der Waals surface area contributed by atoms with E-state index in [0.29, 0.717) is 13.1 Å². The van der Waals surface area contributed by atoms with E-state index in [4.69, 9.17) is 18.9 Å². The third kappa shape index (κ3) is 6.91. The molecule has 0 N–H and O–H groups in total. The fourth-order valence-corrected chi connectivity index (χ4v) is 1.65. The molecule has 6 nitrogen and oxygen atoms in total. The normalized spacial score (nSPS) is 12.3. The van der Waals surface area contributed by atoms with Crippen LogP contribution in [0.4, 0.5) is 0 Å². The summed E-state index contributed by atoms with van der Waals surface area (Å²) in [6, 6.07) is 7.90. The zero-order valence-electron chi connectivity index (χ0n) is 13.6. The second-order valence-corrected chi connectivity index (χ2v) is 4.46. The fourth-order valence-electron chi connectivity index (χ4n) is 1.65. The van der Waals surface area contributed by atoms with E-state index in [2.05, 4.69) is 9.98 Å². The van der Waals surface area contributed by atoms with Crippen LogP contribution in [0.15, 0.2) is 34.3 Å². The van der Waals surface area contributed by atoms with Crippen molar-refractivity contribution in [2.75, 3.05) is 41.5 Å². The van der Waals surface area contributed by atoms with Crippen LogP contribution in [-0.4, -0.2) is 66.5 Å². The van der Waals surface area contributed by atoms with Crippen LogP contribution in [0, 0.1) is 0 Å². The van der Waals surface area contributed by atoms with E-state index in [0.717, 1.165) is 11.1 Å². The number of ether oxygens (including phenoxy) is 4. The van der Waals surface area contributed by atoms with Crippen molar-refractivity contribution in [1.82, 2.24) is 0 Å². The maximum absolute atomic E-state index is 5.06. The molecule has 0 aliphatic carbocycles. The van der Waals surface area contributed by atoms with Crippen molar-refractivity contribution >= 4 is 12.4 Å². The molecule has 1 rings (SSSR count). The lowest BCUT2D eigenvalue weighted by atomic mass is 10.1. The molecule has 6 heteroatoms. The molecule has 0 aliphatic heterocycles. The summed E-state index contributed by atoms with van der Waals surface area (Å²) in [5.41, 5.74) is 2.02. The molecule has 0 radical (unpaired) electrons. The van der Waals surface area contributed by atoms with Crippen molar-refractivity contribution in [3.05, 3.63) is 35.4 Å². The molecule has 122 valence electrons. The molecule has 0 atom stereocenters. The third-order valence-electron chi connectivity index (χ3n) is 2.98. The molecule has 0 unspecified atom stereocenters. The molecule has 0 aromatic heterocycles. The fraction of sp³-hybridized carbons (Fsp3) is 0.500. The number of rotatable bonds is 10. The highest BCUT2D eigenvalue weighted by molar-refractivity contribution is 5.84. The Morgan fingerprint density at radius 2 is 1.05 bits per heavy atom. The maximum atomic E-state index is 5.06. The second-order valence-electron chi connectivity index (χ2n) is 4.46. The zero-order valence-corrected chi connectivity index (χ0v) is 13.6. The van der Waals surface area contributed by atoms with Gasteiger partial charge in [0.25, 0.3) is 0 Å². The van der Waals surface area contributed by atoms with E-state index in [-0.39, 0.29) is 12.6 Å². The first-order valence-electron chi connectivity index (χ1n) is 6.94. The SMILES string of the molecule is COC(CN=Cc1ccc(C=NCC(OC)OC)cc1)OC. The molecule has 1 aromatic carbocycles. The molecule has 0 saturated carbocycles. The van der Waals surface area contributed by atoms with Gasteiger partial charge in [-0.25, -0.2) is 0 Å². The van der Waals surface area contributed by atoms with Crippen molar-refractivity contribution in [3.8, 4) is 0 Å². The van der Waals surface area contributed by atoms with Gasteiger partial charge in [-0.3, -0.25) is 9.98 Å². The largest absolute Gasteiger partial charge is 0.354 e. The van der Waals surface area contributed by atoms with E-state index in [1.165, 1.54) is 0 Å². The lowest BCUT2D eigenvalue weighted by Gasteiger charge is -2.09. The first kappa shape index (κ1) is 18.4. The van der Waals surface area contributed by atoms with Crippen LogP contribution < -0.4 is 0 Å². The van der Waals surface area contributed by atoms with Gasteiger partial charge in [0.15, 0.2) is 12.6 Å². The van der Waals surface area contributed by atoms with Crippen molar-refractivity contribution in [2.45, 2.75) is 12.6 Å². The lowest BCUT2D eigenvalue weighted by molar-refractivity contribution is -0.0937. The van der Waals surface area contributed by atoms with Gasteiger partial charge in [0, 0.05) is 40.9 Å². The molecule has 0 aliphatic rings. The Morgan fingerprint density at radius 3 is 1.32 bits per heavy atom.